The average molecular weight is 527 g/mol. The number of carbonyl (C=O) groups is 3. The number of benzene rings is 2. The van der Waals surface area contributed by atoms with E-state index >= 15 is 0 Å². The third-order valence-corrected chi connectivity index (χ3v) is 6.87. The fourth-order valence-electron chi connectivity index (χ4n) is 4.84. The van der Waals surface area contributed by atoms with Gasteiger partial charge in [-0.05, 0) is 76.3 Å². The van der Waals surface area contributed by atoms with Gasteiger partial charge in [0.15, 0.2) is 0 Å². The van der Waals surface area contributed by atoms with Crippen LogP contribution in [0, 0.1) is 5.82 Å². The maximum Gasteiger partial charge on any atom is 0.257 e. The summed E-state index contributed by atoms with van der Waals surface area (Å²) in [7, 11) is 5.73. The van der Waals surface area contributed by atoms with Gasteiger partial charge in [0.1, 0.15) is 24.3 Å². The van der Waals surface area contributed by atoms with Crippen LogP contribution in [0.25, 0.3) is 0 Å². The molecular weight excluding hydrogens is 491 g/mol. The highest BCUT2D eigenvalue weighted by molar-refractivity contribution is 6.05. The fraction of sp³-hybridized carbons (Fsp3) is 0.464. The molecular formula is C28H35FN4O5. The van der Waals surface area contributed by atoms with Crippen molar-refractivity contribution in [2.45, 2.75) is 43.9 Å². The number of hydrogen-bond acceptors (Lipinski definition) is 6. The maximum absolute atomic E-state index is 13.5. The fourth-order valence-corrected chi connectivity index (χ4v) is 4.84. The lowest BCUT2D eigenvalue weighted by Gasteiger charge is -2.42. The van der Waals surface area contributed by atoms with E-state index < -0.39 is 11.7 Å². The Morgan fingerprint density at radius 2 is 1.97 bits per heavy atom. The molecule has 3 amide bonds. The molecule has 0 unspecified atom stereocenters. The molecule has 2 aromatic carbocycles. The number of nitrogens with zero attached hydrogens (tertiary/aromatic N) is 2. The van der Waals surface area contributed by atoms with E-state index in [1.54, 1.807) is 30.1 Å². The highest BCUT2D eigenvalue weighted by Gasteiger charge is 2.39. The highest BCUT2D eigenvalue weighted by atomic mass is 19.1. The van der Waals surface area contributed by atoms with E-state index in [0.717, 1.165) is 19.0 Å². The molecule has 1 fully saturated rings. The first-order valence-corrected chi connectivity index (χ1v) is 12.9. The monoisotopic (exact) mass is 526 g/mol. The number of anilines is 1. The molecule has 10 heteroatoms. The second kappa shape index (κ2) is 12.4. The first-order valence-electron chi connectivity index (χ1n) is 12.9. The van der Waals surface area contributed by atoms with Crippen molar-refractivity contribution < 1.29 is 28.2 Å². The van der Waals surface area contributed by atoms with Crippen molar-refractivity contribution >= 4 is 23.4 Å². The van der Waals surface area contributed by atoms with Crippen LogP contribution in [0.1, 0.15) is 46.4 Å². The normalized spacial score (nSPS) is 21.0. The van der Waals surface area contributed by atoms with E-state index in [1.807, 2.05) is 14.1 Å². The SMILES string of the molecule is CN(C)CCCNC(=O)C[C@H]1CC[C@@H]2[C@@H](COc3ccc(NC(=O)c4cccc(F)c4)cc3C(=O)N2C)O1. The Hall–Kier alpha value is -3.50. The van der Waals surface area contributed by atoms with Gasteiger partial charge in [-0.1, -0.05) is 6.07 Å². The van der Waals surface area contributed by atoms with Crippen LogP contribution in [0.4, 0.5) is 10.1 Å². The van der Waals surface area contributed by atoms with Crippen LogP contribution in [0.15, 0.2) is 42.5 Å². The molecule has 2 aliphatic rings. The molecule has 38 heavy (non-hydrogen) atoms. The molecule has 4 rings (SSSR count). The summed E-state index contributed by atoms with van der Waals surface area (Å²) in [5.41, 5.74) is 0.898. The molecule has 0 aromatic heterocycles. The van der Waals surface area contributed by atoms with E-state index in [4.69, 9.17) is 9.47 Å². The number of hydrogen-bond donors (Lipinski definition) is 2. The number of ether oxygens (including phenoxy) is 2. The predicted molar refractivity (Wildman–Crippen MR) is 141 cm³/mol. The van der Waals surface area contributed by atoms with Crippen LogP contribution in [0.3, 0.4) is 0 Å². The zero-order chi connectivity index (χ0) is 27.2. The molecule has 204 valence electrons. The largest absolute Gasteiger partial charge is 0.490 e. The lowest BCUT2D eigenvalue weighted by molar-refractivity contribution is -0.134. The van der Waals surface area contributed by atoms with Crippen LogP contribution >= 0.6 is 0 Å². The Bertz CT molecular complexity index is 1170. The van der Waals surface area contributed by atoms with Crippen LogP contribution in [-0.2, 0) is 9.53 Å². The molecule has 0 radical (unpaired) electrons. The third kappa shape index (κ3) is 6.87. The maximum atomic E-state index is 13.5. The molecule has 2 N–H and O–H groups in total. The van der Waals surface area contributed by atoms with Gasteiger partial charge in [-0.25, -0.2) is 4.39 Å². The Balaban J connectivity index is 1.39. The third-order valence-electron chi connectivity index (χ3n) is 6.87. The van der Waals surface area contributed by atoms with Gasteiger partial charge < -0.3 is 29.9 Å². The van der Waals surface area contributed by atoms with Crippen molar-refractivity contribution in [2.24, 2.45) is 0 Å². The second-order valence-electron chi connectivity index (χ2n) is 10.1. The number of likely N-dealkylation sites (N-methyl/N-ethyl adjacent to an activating group) is 1. The lowest BCUT2D eigenvalue weighted by Crippen LogP contribution is -2.54. The molecule has 0 aliphatic carbocycles. The first-order chi connectivity index (χ1) is 18.2. The number of nitrogens with one attached hydrogen (secondary N) is 2. The number of carbonyl (C=O) groups excluding carboxylic acids is 3. The number of halogens is 1. The van der Waals surface area contributed by atoms with E-state index in [-0.39, 0.29) is 48.7 Å². The van der Waals surface area contributed by atoms with E-state index in [0.29, 0.717) is 36.4 Å². The van der Waals surface area contributed by atoms with Gasteiger partial charge in [-0.3, -0.25) is 14.4 Å². The zero-order valence-corrected chi connectivity index (χ0v) is 22.0. The zero-order valence-electron chi connectivity index (χ0n) is 22.0. The van der Waals surface area contributed by atoms with Crippen molar-refractivity contribution in [1.82, 2.24) is 15.1 Å². The molecule has 9 nitrogen and oxygen atoms in total. The molecule has 0 spiro atoms. The standard InChI is InChI=1S/C28H35FN4O5/c1-32(2)13-5-12-30-26(34)16-21-9-10-23-25(38-21)17-37-24-11-8-20(15-22(24)28(36)33(23)3)31-27(35)18-6-4-7-19(29)14-18/h4,6-8,11,14-15,21,23,25H,5,9-10,12-13,16-17H2,1-3H3,(H,30,34)(H,31,35)/t21-,23-,25-/m1/s1. The van der Waals surface area contributed by atoms with Gasteiger partial charge in [0, 0.05) is 24.8 Å². The van der Waals surface area contributed by atoms with Crippen LogP contribution in [-0.4, -0.2) is 86.6 Å². The van der Waals surface area contributed by atoms with E-state index in [1.165, 1.54) is 18.2 Å². The van der Waals surface area contributed by atoms with Gasteiger partial charge in [0.2, 0.25) is 5.91 Å². The predicted octanol–water partition coefficient (Wildman–Crippen LogP) is 2.92. The van der Waals surface area contributed by atoms with Gasteiger partial charge in [0.05, 0.1) is 24.1 Å². The van der Waals surface area contributed by atoms with Crippen molar-refractivity contribution in [3.8, 4) is 5.75 Å². The molecule has 1 saturated heterocycles. The molecule has 0 bridgehead atoms. The number of fused-ring (bicyclic) bond motifs is 2. The second-order valence-corrected chi connectivity index (χ2v) is 10.1. The molecule has 0 saturated carbocycles. The molecule has 2 aliphatic heterocycles. The number of amides is 3. The summed E-state index contributed by atoms with van der Waals surface area (Å²) in [4.78, 5) is 42.1. The lowest BCUT2D eigenvalue weighted by atomic mass is 9.94. The van der Waals surface area contributed by atoms with E-state index in [9.17, 15) is 18.8 Å². The van der Waals surface area contributed by atoms with E-state index in [2.05, 4.69) is 15.5 Å². The minimum absolute atomic E-state index is 0.0402. The first kappa shape index (κ1) is 27.5. The average Bonchev–Trinajstić information content (AvgIpc) is 2.89. The van der Waals surface area contributed by atoms with Crippen LogP contribution in [0.2, 0.25) is 0 Å². The summed E-state index contributed by atoms with van der Waals surface area (Å²) in [5, 5.41) is 5.66. The van der Waals surface area contributed by atoms with Crippen molar-refractivity contribution in [1.29, 1.82) is 0 Å². The van der Waals surface area contributed by atoms with Crippen molar-refractivity contribution in [3.05, 3.63) is 59.4 Å². The Kier molecular flexibility index (Phi) is 8.96. The summed E-state index contributed by atoms with van der Waals surface area (Å²) in [6.07, 6.45) is 1.88. The molecule has 3 atom stereocenters. The van der Waals surface area contributed by atoms with Gasteiger partial charge in [-0.2, -0.15) is 0 Å². The molecule has 2 heterocycles. The molecule has 2 aromatic rings. The summed E-state index contributed by atoms with van der Waals surface area (Å²) < 4.78 is 25.7. The minimum Gasteiger partial charge on any atom is -0.490 e. The summed E-state index contributed by atoms with van der Waals surface area (Å²) in [6, 6.07) is 10.0. The van der Waals surface area contributed by atoms with Crippen LogP contribution in [0.5, 0.6) is 5.75 Å². The smallest absolute Gasteiger partial charge is 0.257 e. The van der Waals surface area contributed by atoms with Crippen molar-refractivity contribution in [3.63, 3.8) is 0 Å². The minimum atomic E-state index is -0.506. The Labute approximate surface area is 222 Å². The summed E-state index contributed by atoms with van der Waals surface area (Å²) in [5.74, 6) is -0.897. The Morgan fingerprint density at radius 3 is 2.74 bits per heavy atom. The van der Waals surface area contributed by atoms with Gasteiger partial charge in [0.25, 0.3) is 11.8 Å². The van der Waals surface area contributed by atoms with Crippen molar-refractivity contribution in [2.75, 3.05) is 46.2 Å². The van der Waals surface area contributed by atoms with Gasteiger partial charge in [-0.15, -0.1) is 0 Å². The quantitative estimate of drug-likeness (QED) is 0.513. The van der Waals surface area contributed by atoms with Crippen LogP contribution < -0.4 is 15.4 Å². The van der Waals surface area contributed by atoms with Gasteiger partial charge >= 0.3 is 0 Å². The summed E-state index contributed by atoms with van der Waals surface area (Å²) >= 11 is 0. The summed E-state index contributed by atoms with van der Waals surface area (Å²) in [6.45, 7) is 1.76. The topological polar surface area (TPSA) is 100 Å². The number of rotatable bonds is 8. The highest BCUT2D eigenvalue weighted by Crippen LogP contribution is 2.32. The Morgan fingerprint density at radius 1 is 1.16 bits per heavy atom.